The Kier molecular flexibility index (Phi) is 6.47. The molecule has 0 heterocycles. The van der Waals surface area contributed by atoms with Gasteiger partial charge in [0.05, 0.1) is 18.2 Å². The van der Waals surface area contributed by atoms with Gasteiger partial charge in [0.25, 0.3) is 5.91 Å². The molecule has 0 saturated carbocycles. The molecule has 0 aliphatic rings. The summed E-state index contributed by atoms with van der Waals surface area (Å²) in [6.45, 7) is -0.497. The van der Waals surface area contributed by atoms with Gasteiger partial charge in [-0.25, -0.2) is 0 Å². The van der Waals surface area contributed by atoms with E-state index < -0.39 is 35.9 Å². The van der Waals surface area contributed by atoms with Gasteiger partial charge in [-0.1, -0.05) is 24.3 Å². The standard InChI is InChI=1S/C23H17F6NO2/c1-32-20-4-2-3-17(11-20)15-5-7-16(8-6-15)21(31)30-13-14-9-18(22(24,25)26)12-19(10-14)23(27,28)29/h2-12H,13H2,1H3,(H,30,31). The van der Waals surface area contributed by atoms with Crippen LogP contribution in [-0.4, -0.2) is 13.0 Å². The third kappa shape index (κ3) is 5.60. The van der Waals surface area contributed by atoms with Crippen molar-refractivity contribution in [3.8, 4) is 16.9 Å². The van der Waals surface area contributed by atoms with Gasteiger partial charge in [-0.15, -0.1) is 0 Å². The predicted octanol–water partition coefficient (Wildman–Crippen LogP) is 6.33. The van der Waals surface area contributed by atoms with Crippen LogP contribution in [0.15, 0.2) is 66.7 Å². The average Bonchev–Trinajstić information content (AvgIpc) is 2.76. The molecule has 0 aliphatic carbocycles. The monoisotopic (exact) mass is 453 g/mol. The molecule has 0 spiro atoms. The third-order valence-corrected chi connectivity index (χ3v) is 4.65. The van der Waals surface area contributed by atoms with Gasteiger partial charge >= 0.3 is 12.4 Å². The van der Waals surface area contributed by atoms with Crippen LogP contribution in [0.1, 0.15) is 27.0 Å². The summed E-state index contributed by atoms with van der Waals surface area (Å²) in [5.74, 6) is 0.0248. The van der Waals surface area contributed by atoms with Gasteiger partial charge in [-0.05, 0) is 59.2 Å². The van der Waals surface area contributed by atoms with Gasteiger partial charge in [0.2, 0.25) is 0 Å². The summed E-state index contributed by atoms with van der Waals surface area (Å²) in [4.78, 5) is 12.4. The van der Waals surface area contributed by atoms with Crippen molar-refractivity contribution in [1.29, 1.82) is 0 Å². The average molecular weight is 453 g/mol. The Morgan fingerprint density at radius 1 is 0.812 bits per heavy atom. The second-order valence-corrected chi connectivity index (χ2v) is 6.91. The number of halogens is 6. The molecule has 3 aromatic carbocycles. The van der Waals surface area contributed by atoms with Crippen molar-refractivity contribution < 1.29 is 35.9 Å². The van der Waals surface area contributed by atoms with E-state index in [2.05, 4.69) is 5.32 Å². The van der Waals surface area contributed by atoms with Gasteiger partial charge < -0.3 is 10.1 Å². The first kappa shape index (κ1) is 23.2. The lowest BCUT2D eigenvalue weighted by molar-refractivity contribution is -0.143. The summed E-state index contributed by atoms with van der Waals surface area (Å²) in [7, 11) is 1.54. The van der Waals surface area contributed by atoms with Gasteiger partial charge in [-0.3, -0.25) is 4.79 Å². The van der Waals surface area contributed by atoms with Crippen molar-refractivity contribution in [3.63, 3.8) is 0 Å². The van der Waals surface area contributed by atoms with Crippen molar-refractivity contribution in [3.05, 3.63) is 89.0 Å². The van der Waals surface area contributed by atoms with Gasteiger partial charge in [-0.2, -0.15) is 26.3 Å². The number of hydrogen-bond donors (Lipinski definition) is 1. The van der Waals surface area contributed by atoms with Crippen LogP contribution in [0.5, 0.6) is 5.75 Å². The Hall–Kier alpha value is -3.49. The minimum atomic E-state index is -4.95. The third-order valence-electron chi connectivity index (χ3n) is 4.65. The highest BCUT2D eigenvalue weighted by Crippen LogP contribution is 2.36. The van der Waals surface area contributed by atoms with Crippen molar-refractivity contribution in [1.82, 2.24) is 5.32 Å². The molecule has 0 fully saturated rings. The summed E-state index contributed by atoms with van der Waals surface area (Å²) in [5.41, 5.74) is -1.32. The van der Waals surface area contributed by atoms with E-state index in [4.69, 9.17) is 4.74 Å². The fourth-order valence-electron chi connectivity index (χ4n) is 3.02. The van der Waals surface area contributed by atoms with E-state index in [1.807, 2.05) is 6.07 Å². The predicted molar refractivity (Wildman–Crippen MR) is 106 cm³/mol. The minimum Gasteiger partial charge on any atom is -0.497 e. The fraction of sp³-hybridized carbons (Fsp3) is 0.174. The molecule has 1 amide bonds. The second kappa shape index (κ2) is 8.94. The van der Waals surface area contributed by atoms with Crippen LogP contribution in [0.2, 0.25) is 0 Å². The SMILES string of the molecule is COc1cccc(-c2ccc(C(=O)NCc3cc(C(F)(F)F)cc(C(F)(F)F)c3)cc2)c1. The Bertz CT molecular complexity index is 1070. The molecule has 32 heavy (non-hydrogen) atoms. The number of ether oxygens (including phenoxy) is 1. The number of amides is 1. The molecule has 0 aliphatic heterocycles. The van der Waals surface area contributed by atoms with Gasteiger partial charge in [0.15, 0.2) is 0 Å². The molecular weight excluding hydrogens is 436 g/mol. The van der Waals surface area contributed by atoms with E-state index in [0.29, 0.717) is 17.9 Å². The topological polar surface area (TPSA) is 38.3 Å². The Morgan fingerprint density at radius 3 is 1.94 bits per heavy atom. The zero-order valence-corrected chi connectivity index (χ0v) is 16.6. The molecule has 0 unspecified atom stereocenters. The highest BCUT2D eigenvalue weighted by molar-refractivity contribution is 5.94. The first-order valence-corrected chi connectivity index (χ1v) is 9.28. The van der Waals surface area contributed by atoms with Gasteiger partial charge in [0, 0.05) is 12.1 Å². The van der Waals surface area contributed by atoms with Crippen LogP contribution in [0.4, 0.5) is 26.3 Å². The molecule has 0 atom stereocenters. The summed E-state index contributed by atoms with van der Waals surface area (Å²) in [6.07, 6.45) is -9.90. The van der Waals surface area contributed by atoms with Crippen molar-refractivity contribution in [2.75, 3.05) is 7.11 Å². The van der Waals surface area contributed by atoms with Crippen molar-refractivity contribution in [2.24, 2.45) is 0 Å². The number of carbonyl (C=O) groups excluding carboxylic acids is 1. The Balaban J connectivity index is 1.75. The zero-order chi connectivity index (χ0) is 23.5. The maximum absolute atomic E-state index is 13.0. The molecule has 3 rings (SSSR count). The number of nitrogens with one attached hydrogen (secondary N) is 1. The van der Waals surface area contributed by atoms with Crippen molar-refractivity contribution >= 4 is 5.91 Å². The molecule has 0 saturated heterocycles. The largest absolute Gasteiger partial charge is 0.497 e. The number of methoxy groups -OCH3 is 1. The van der Waals surface area contributed by atoms with E-state index in [-0.39, 0.29) is 17.2 Å². The summed E-state index contributed by atoms with van der Waals surface area (Å²) < 4.78 is 82.9. The van der Waals surface area contributed by atoms with E-state index in [1.54, 1.807) is 30.3 Å². The molecule has 0 aromatic heterocycles. The lowest BCUT2D eigenvalue weighted by atomic mass is 10.0. The quantitative estimate of drug-likeness (QED) is 0.459. The lowest BCUT2D eigenvalue weighted by Crippen LogP contribution is -2.23. The highest BCUT2D eigenvalue weighted by Gasteiger charge is 2.36. The Morgan fingerprint density at radius 2 is 1.41 bits per heavy atom. The molecule has 3 nitrogen and oxygen atoms in total. The fourth-order valence-corrected chi connectivity index (χ4v) is 3.02. The first-order chi connectivity index (χ1) is 15.0. The van der Waals surface area contributed by atoms with Crippen LogP contribution in [0, 0.1) is 0 Å². The number of benzene rings is 3. The molecular formula is C23H17F6NO2. The number of rotatable bonds is 5. The molecule has 9 heteroatoms. The zero-order valence-electron chi connectivity index (χ0n) is 16.6. The molecule has 0 bridgehead atoms. The minimum absolute atomic E-state index is 0.0443. The summed E-state index contributed by atoms with van der Waals surface area (Å²) in [5, 5.41) is 2.36. The molecule has 3 aromatic rings. The van der Waals surface area contributed by atoms with E-state index in [1.165, 1.54) is 19.2 Å². The first-order valence-electron chi connectivity index (χ1n) is 9.28. The maximum atomic E-state index is 13.0. The van der Waals surface area contributed by atoms with Crippen molar-refractivity contribution in [2.45, 2.75) is 18.9 Å². The molecule has 0 radical (unpaired) electrons. The lowest BCUT2D eigenvalue weighted by Gasteiger charge is -2.14. The Labute approximate surface area is 179 Å². The van der Waals surface area contributed by atoms with Crippen LogP contribution in [0.25, 0.3) is 11.1 Å². The molecule has 168 valence electrons. The van der Waals surface area contributed by atoms with Crippen LogP contribution in [0.3, 0.4) is 0 Å². The molecule has 1 N–H and O–H groups in total. The number of hydrogen-bond acceptors (Lipinski definition) is 2. The highest BCUT2D eigenvalue weighted by atomic mass is 19.4. The van der Waals surface area contributed by atoms with E-state index >= 15 is 0 Å². The smallest absolute Gasteiger partial charge is 0.416 e. The summed E-state index contributed by atoms with van der Waals surface area (Å²) >= 11 is 0. The van der Waals surface area contributed by atoms with Crippen LogP contribution in [-0.2, 0) is 18.9 Å². The van der Waals surface area contributed by atoms with Gasteiger partial charge in [0.1, 0.15) is 5.75 Å². The van der Waals surface area contributed by atoms with E-state index in [0.717, 1.165) is 11.1 Å². The van der Waals surface area contributed by atoms with E-state index in [9.17, 15) is 31.1 Å². The second-order valence-electron chi connectivity index (χ2n) is 6.91. The van der Waals surface area contributed by atoms with Crippen LogP contribution >= 0.6 is 0 Å². The number of carbonyl (C=O) groups is 1. The number of alkyl halides is 6. The van der Waals surface area contributed by atoms with Crippen LogP contribution < -0.4 is 10.1 Å². The summed E-state index contributed by atoms with van der Waals surface area (Å²) in [6, 6.07) is 14.8. The normalized spacial score (nSPS) is 11.8. The maximum Gasteiger partial charge on any atom is 0.416 e.